The summed E-state index contributed by atoms with van der Waals surface area (Å²) in [5.41, 5.74) is 1.66. The number of aryl methyl sites for hydroxylation is 2. The van der Waals surface area contributed by atoms with E-state index in [0.29, 0.717) is 10.6 Å². The van der Waals surface area contributed by atoms with E-state index in [2.05, 4.69) is 10.4 Å². The van der Waals surface area contributed by atoms with E-state index in [-0.39, 0.29) is 12.2 Å². The average Bonchev–Trinajstić information content (AvgIpc) is 3.25. The number of amides is 1. The molecule has 0 fully saturated rings. The zero-order valence-corrected chi connectivity index (χ0v) is 16.9. The molecule has 1 N–H and O–H groups in total. The second-order valence-electron chi connectivity index (χ2n) is 6.57. The summed E-state index contributed by atoms with van der Waals surface area (Å²) in [6.07, 6.45) is 5.60. The molecule has 0 unspecified atom stereocenters. The van der Waals surface area contributed by atoms with Gasteiger partial charge in [-0.05, 0) is 45.1 Å². The average molecular weight is 405 g/mol. The number of esters is 2. The lowest BCUT2D eigenvalue weighted by molar-refractivity contribution is -0.123. The number of rotatable bonds is 6. The Labute approximate surface area is 166 Å². The van der Waals surface area contributed by atoms with Crippen LogP contribution in [0.3, 0.4) is 0 Å². The highest BCUT2D eigenvalue weighted by atomic mass is 32.1. The molecular weight excluding hydrogens is 382 g/mol. The number of anilines is 1. The predicted octanol–water partition coefficient (Wildman–Crippen LogP) is 2.72. The molecule has 0 saturated heterocycles. The van der Waals surface area contributed by atoms with E-state index in [4.69, 9.17) is 9.47 Å². The third kappa shape index (κ3) is 4.24. The van der Waals surface area contributed by atoms with Gasteiger partial charge in [0.1, 0.15) is 5.00 Å². The van der Waals surface area contributed by atoms with Crippen LogP contribution in [0.4, 0.5) is 5.00 Å². The monoisotopic (exact) mass is 405 g/mol. The molecule has 0 spiro atoms. The Morgan fingerprint density at radius 3 is 2.71 bits per heavy atom. The molecule has 2 aromatic heterocycles. The fourth-order valence-corrected chi connectivity index (χ4v) is 4.38. The Morgan fingerprint density at radius 2 is 2.04 bits per heavy atom. The maximum atomic E-state index is 12.6. The van der Waals surface area contributed by atoms with Gasteiger partial charge in [-0.25, -0.2) is 9.59 Å². The summed E-state index contributed by atoms with van der Waals surface area (Å²) in [6.45, 7) is 3.49. The Kier molecular flexibility index (Phi) is 6.13. The van der Waals surface area contributed by atoms with E-state index in [9.17, 15) is 14.4 Å². The molecule has 2 aromatic rings. The second kappa shape index (κ2) is 8.55. The van der Waals surface area contributed by atoms with Crippen LogP contribution in [-0.4, -0.2) is 40.3 Å². The zero-order valence-electron chi connectivity index (χ0n) is 16.1. The number of hydrogen-bond acceptors (Lipinski definition) is 7. The molecule has 3 rings (SSSR count). The van der Waals surface area contributed by atoms with Crippen molar-refractivity contribution in [1.82, 2.24) is 9.78 Å². The van der Waals surface area contributed by atoms with E-state index >= 15 is 0 Å². The van der Waals surface area contributed by atoms with Gasteiger partial charge >= 0.3 is 11.9 Å². The SMILES string of the molecule is CCOC(=O)c1c(NC(=O)[C@@H](C)OC(=O)c2cnn(C)c2)sc2c1CCCC2. The molecule has 0 aliphatic heterocycles. The first-order chi connectivity index (χ1) is 13.4. The Balaban J connectivity index is 1.74. The van der Waals surface area contributed by atoms with Crippen molar-refractivity contribution in [3.63, 3.8) is 0 Å². The van der Waals surface area contributed by atoms with Crippen LogP contribution < -0.4 is 5.32 Å². The number of ether oxygens (including phenoxy) is 2. The quantitative estimate of drug-likeness (QED) is 0.742. The number of carbonyl (C=O) groups excluding carboxylic acids is 3. The Hall–Kier alpha value is -2.68. The van der Waals surface area contributed by atoms with Gasteiger partial charge in [-0.1, -0.05) is 0 Å². The number of aromatic nitrogens is 2. The van der Waals surface area contributed by atoms with Crippen LogP contribution in [0.15, 0.2) is 12.4 Å². The van der Waals surface area contributed by atoms with E-state index in [1.807, 2.05) is 0 Å². The minimum atomic E-state index is -1.03. The number of nitrogens with one attached hydrogen (secondary N) is 1. The third-order valence-corrected chi connectivity index (χ3v) is 5.69. The molecule has 9 heteroatoms. The van der Waals surface area contributed by atoms with Crippen molar-refractivity contribution >= 4 is 34.2 Å². The van der Waals surface area contributed by atoms with Gasteiger partial charge in [-0.2, -0.15) is 5.10 Å². The molecule has 28 heavy (non-hydrogen) atoms. The van der Waals surface area contributed by atoms with Crippen molar-refractivity contribution in [2.45, 2.75) is 45.6 Å². The fourth-order valence-electron chi connectivity index (χ4n) is 3.10. The van der Waals surface area contributed by atoms with E-state index in [1.165, 1.54) is 35.3 Å². The predicted molar refractivity (Wildman–Crippen MR) is 104 cm³/mol. The van der Waals surface area contributed by atoms with Crippen molar-refractivity contribution < 1.29 is 23.9 Å². The van der Waals surface area contributed by atoms with Gasteiger partial charge < -0.3 is 14.8 Å². The van der Waals surface area contributed by atoms with E-state index < -0.39 is 23.9 Å². The van der Waals surface area contributed by atoms with E-state index in [0.717, 1.165) is 36.1 Å². The van der Waals surface area contributed by atoms with Gasteiger partial charge in [-0.15, -0.1) is 11.3 Å². The van der Waals surface area contributed by atoms with Gasteiger partial charge in [-0.3, -0.25) is 9.48 Å². The molecule has 0 radical (unpaired) electrons. The minimum Gasteiger partial charge on any atom is -0.462 e. The summed E-state index contributed by atoms with van der Waals surface area (Å²) >= 11 is 1.39. The maximum Gasteiger partial charge on any atom is 0.342 e. The van der Waals surface area contributed by atoms with Gasteiger partial charge in [0.25, 0.3) is 5.91 Å². The molecule has 1 aliphatic carbocycles. The van der Waals surface area contributed by atoms with Crippen LogP contribution in [0.25, 0.3) is 0 Å². The smallest absolute Gasteiger partial charge is 0.342 e. The Bertz CT molecular complexity index is 902. The number of hydrogen-bond donors (Lipinski definition) is 1. The molecule has 1 atom stereocenters. The first-order valence-corrected chi connectivity index (χ1v) is 10.0. The van der Waals surface area contributed by atoms with Crippen LogP contribution in [0.5, 0.6) is 0 Å². The van der Waals surface area contributed by atoms with Crippen LogP contribution in [0, 0.1) is 0 Å². The second-order valence-corrected chi connectivity index (χ2v) is 7.68. The number of fused-ring (bicyclic) bond motifs is 1. The van der Waals surface area contributed by atoms with Gasteiger partial charge in [0.2, 0.25) is 0 Å². The zero-order chi connectivity index (χ0) is 20.3. The number of thiophene rings is 1. The molecule has 8 nitrogen and oxygen atoms in total. The Morgan fingerprint density at radius 1 is 1.29 bits per heavy atom. The van der Waals surface area contributed by atoms with Crippen molar-refractivity contribution in [3.8, 4) is 0 Å². The van der Waals surface area contributed by atoms with Crippen molar-refractivity contribution in [1.29, 1.82) is 0 Å². The highest BCUT2D eigenvalue weighted by Gasteiger charge is 2.29. The van der Waals surface area contributed by atoms with Gasteiger partial charge in [0.05, 0.1) is 23.9 Å². The highest BCUT2D eigenvalue weighted by Crippen LogP contribution is 2.38. The lowest BCUT2D eigenvalue weighted by atomic mass is 9.95. The summed E-state index contributed by atoms with van der Waals surface area (Å²) < 4.78 is 11.9. The minimum absolute atomic E-state index is 0.260. The van der Waals surface area contributed by atoms with E-state index in [1.54, 1.807) is 14.0 Å². The molecule has 150 valence electrons. The fraction of sp³-hybridized carbons (Fsp3) is 0.474. The normalized spacial score (nSPS) is 14.1. The summed E-state index contributed by atoms with van der Waals surface area (Å²) in [5.74, 6) is -1.56. The largest absolute Gasteiger partial charge is 0.462 e. The van der Waals surface area contributed by atoms with Crippen molar-refractivity contribution in [2.24, 2.45) is 7.05 Å². The summed E-state index contributed by atoms with van der Waals surface area (Å²) in [6, 6.07) is 0. The molecular formula is C19H23N3O5S. The first-order valence-electron chi connectivity index (χ1n) is 9.22. The van der Waals surface area contributed by atoms with Crippen LogP contribution in [0.2, 0.25) is 0 Å². The topological polar surface area (TPSA) is 99.5 Å². The summed E-state index contributed by atoms with van der Waals surface area (Å²) in [7, 11) is 1.68. The van der Waals surface area contributed by atoms with Crippen LogP contribution >= 0.6 is 11.3 Å². The van der Waals surface area contributed by atoms with Gasteiger partial charge in [0, 0.05) is 18.1 Å². The molecule has 2 heterocycles. The molecule has 0 saturated carbocycles. The lowest BCUT2D eigenvalue weighted by Crippen LogP contribution is -2.30. The number of carbonyl (C=O) groups is 3. The van der Waals surface area contributed by atoms with Crippen LogP contribution in [-0.2, 0) is 34.2 Å². The maximum absolute atomic E-state index is 12.6. The first kappa shape index (κ1) is 20.1. The molecule has 0 bridgehead atoms. The molecule has 0 aromatic carbocycles. The van der Waals surface area contributed by atoms with Crippen molar-refractivity contribution in [2.75, 3.05) is 11.9 Å². The lowest BCUT2D eigenvalue weighted by Gasteiger charge is -2.14. The van der Waals surface area contributed by atoms with Crippen LogP contribution in [0.1, 0.15) is 57.8 Å². The standard InChI is InChI=1S/C19H23N3O5S/c1-4-26-19(25)15-13-7-5-6-8-14(13)28-17(15)21-16(23)11(2)27-18(24)12-9-20-22(3)10-12/h9-11H,4-8H2,1-3H3,(H,21,23)/t11-/m1/s1. The molecule has 1 aliphatic rings. The highest BCUT2D eigenvalue weighted by molar-refractivity contribution is 7.17. The third-order valence-electron chi connectivity index (χ3n) is 4.48. The van der Waals surface area contributed by atoms with Gasteiger partial charge in [0.15, 0.2) is 6.10 Å². The summed E-state index contributed by atoms with van der Waals surface area (Å²) in [4.78, 5) is 38.2. The number of nitrogens with zero attached hydrogens (tertiary/aromatic N) is 2. The molecule has 1 amide bonds. The summed E-state index contributed by atoms with van der Waals surface area (Å²) in [5, 5.41) is 7.12. The van der Waals surface area contributed by atoms with Crippen molar-refractivity contribution in [3.05, 3.63) is 34.0 Å².